The van der Waals surface area contributed by atoms with E-state index < -0.39 is 0 Å². The number of ether oxygens (including phenoxy) is 2. The Morgan fingerprint density at radius 2 is 1.66 bits per heavy atom. The number of morpholine rings is 1. The van der Waals surface area contributed by atoms with Crippen LogP contribution in [0.25, 0.3) is 0 Å². The lowest BCUT2D eigenvalue weighted by Crippen LogP contribution is -2.47. The Labute approximate surface area is 225 Å². The first kappa shape index (κ1) is 26.3. The highest BCUT2D eigenvalue weighted by molar-refractivity contribution is 6.02. The molecule has 3 fully saturated rings. The number of benzene rings is 2. The Balaban J connectivity index is 1.28. The minimum absolute atomic E-state index is 0.0492. The van der Waals surface area contributed by atoms with Gasteiger partial charge in [0.25, 0.3) is 5.91 Å². The minimum Gasteiger partial charge on any atom is -0.495 e. The zero-order valence-corrected chi connectivity index (χ0v) is 22.3. The molecule has 2 aromatic rings. The summed E-state index contributed by atoms with van der Waals surface area (Å²) in [6.45, 7) is 7.81. The molecule has 2 amide bonds. The van der Waals surface area contributed by atoms with Crippen molar-refractivity contribution >= 4 is 28.9 Å². The van der Waals surface area contributed by atoms with E-state index in [9.17, 15) is 9.59 Å². The van der Waals surface area contributed by atoms with Gasteiger partial charge in [0.2, 0.25) is 5.91 Å². The molecule has 0 radical (unpaired) electrons. The van der Waals surface area contributed by atoms with Gasteiger partial charge in [-0.15, -0.1) is 0 Å². The topological polar surface area (TPSA) is 86.4 Å². The highest BCUT2D eigenvalue weighted by Gasteiger charge is 2.27. The van der Waals surface area contributed by atoms with E-state index in [1.807, 2.05) is 36.4 Å². The van der Waals surface area contributed by atoms with Crippen LogP contribution < -0.4 is 25.2 Å². The Hall–Kier alpha value is -3.30. The lowest BCUT2D eigenvalue weighted by Gasteiger charge is -2.38. The van der Waals surface area contributed by atoms with Crippen molar-refractivity contribution in [2.45, 2.75) is 19.3 Å². The van der Waals surface area contributed by atoms with Gasteiger partial charge in [-0.2, -0.15) is 0 Å². The van der Waals surface area contributed by atoms with E-state index in [0.717, 1.165) is 95.4 Å². The van der Waals surface area contributed by atoms with Crippen LogP contribution in [-0.4, -0.2) is 89.4 Å². The Bertz CT molecular complexity index is 1110. The molecule has 0 atom stereocenters. The second kappa shape index (κ2) is 12.5. The summed E-state index contributed by atoms with van der Waals surface area (Å²) >= 11 is 0. The van der Waals surface area contributed by atoms with Crippen molar-refractivity contribution in [2.75, 3.05) is 87.8 Å². The summed E-state index contributed by atoms with van der Waals surface area (Å²) in [5, 5.41) is 6.15. The van der Waals surface area contributed by atoms with Crippen LogP contribution in [0, 0.1) is 5.92 Å². The second-order valence-electron chi connectivity index (χ2n) is 10.2. The van der Waals surface area contributed by atoms with Gasteiger partial charge in [0.1, 0.15) is 5.75 Å². The molecule has 9 heteroatoms. The zero-order valence-electron chi connectivity index (χ0n) is 22.3. The predicted molar refractivity (Wildman–Crippen MR) is 149 cm³/mol. The lowest BCUT2D eigenvalue weighted by atomic mass is 9.85. The highest BCUT2D eigenvalue weighted by Crippen LogP contribution is 2.32. The van der Waals surface area contributed by atoms with Crippen LogP contribution >= 0.6 is 0 Å². The number of carbonyl (C=O) groups excluding carboxylic acids is 2. The number of hydrogen-bond donors (Lipinski definition) is 2. The molecule has 1 aliphatic carbocycles. The maximum Gasteiger partial charge on any atom is 0.253 e. The normalized spacial score (nSPS) is 18.6. The van der Waals surface area contributed by atoms with Crippen LogP contribution in [-0.2, 0) is 9.53 Å². The monoisotopic (exact) mass is 521 g/mol. The van der Waals surface area contributed by atoms with E-state index in [1.54, 1.807) is 7.11 Å². The Morgan fingerprint density at radius 1 is 0.947 bits per heavy atom. The van der Waals surface area contributed by atoms with Crippen molar-refractivity contribution < 1.29 is 19.1 Å². The van der Waals surface area contributed by atoms with Gasteiger partial charge in [-0.3, -0.25) is 14.5 Å². The molecule has 204 valence electrons. The smallest absolute Gasteiger partial charge is 0.253 e. The van der Waals surface area contributed by atoms with Gasteiger partial charge < -0.3 is 29.9 Å². The van der Waals surface area contributed by atoms with Gasteiger partial charge in [0, 0.05) is 69.7 Å². The summed E-state index contributed by atoms with van der Waals surface area (Å²) in [5.74, 6) is 0.893. The van der Waals surface area contributed by atoms with Gasteiger partial charge in [0.05, 0.1) is 31.6 Å². The number of carbonyl (C=O) groups is 2. The molecular formula is C29H39N5O4. The van der Waals surface area contributed by atoms with Crippen molar-refractivity contribution in [3.63, 3.8) is 0 Å². The van der Waals surface area contributed by atoms with Crippen molar-refractivity contribution in [1.29, 1.82) is 0 Å². The second-order valence-corrected chi connectivity index (χ2v) is 10.2. The third kappa shape index (κ3) is 6.22. The molecule has 2 N–H and O–H groups in total. The molecule has 0 spiro atoms. The van der Waals surface area contributed by atoms with Gasteiger partial charge >= 0.3 is 0 Å². The number of nitrogens with zero attached hydrogens (tertiary/aromatic N) is 3. The van der Waals surface area contributed by atoms with E-state index in [-0.39, 0.29) is 17.7 Å². The predicted octanol–water partition coefficient (Wildman–Crippen LogP) is 2.82. The highest BCUT2D eigenvalue weighted by atomic mass is 16.5. The van der Waals surface area contributed by atoms with Gasteiger partial charge in [-0.25, -0.2) is 0 Å². The summed E-state index contributed by atoms with van der Waals surface area (Å²) in [7, 11) is 1.70. The Kier molecular flexibility index (Phi) is 8.65. The number of piperazine rings is 1. The summed E-state index contributed by atoms with van der Waals surface area (Å²) in [5.41, 5.74) is 3.26. The maximum atomic E-state index is 13.4. The third-order valence-corrected chi connectivity index (χ3v) is 7.85. The molecule has 2 aliphatic heterocycles. The zero-order chi connectivity index (χ0) is 26.3. The fraction of sp³-hybridized carbons (Fsp3) is 0.517. The molecule has 2 aromatic carbocycles. The van der Waals surface area contributed by atoms with E-state index >= 15 is 0 Å². The number of hydrogen-bond acceptors (Lipinski definition) is 7. The first-order chi connectivity index (χ1) is 18.6. The van der Waals surface area contributed by atoms with Crippen molar-refractivity contribution in [1.82, 2.24) is 10.2 Å². The summed E-state index contributed by atoms with van der Waals surface area (Å²) in [6, 6.07) is 13.8. The van der Waals surface area contributed by atoms with Crippen LogP contribution in [0.5, 0.6) is 5.75 Å². The molecule has 0 aromatic heterocycles. The van der Waals surface area contributed by atoms with E-state index in [1.165, 1.54) is 0 Å². The number of nitrogens with one attached hydrogen (secondary N) is 2. The molecule has 0 bridgehead atoms. The maximum absolute atomic E-state index is 13.4. The first-order valence-corrected chi connectivity index (χ1v) is 13.8. The average Bonchev–Trinajstić information content (AvgIpc) is 2.92. The Morgan fingerprint density at radius 3 is 2.34 bits per heavy atom. The number of amides is 2. The standard InChI is InChI=1S/C29H39N5O4/c1-37-27-8-3-2-7-26(27)34-15-13-33(14-16-34)25-10-9-23(31-28(35)22-5-4-6-22)21-24(25)29(36)30-11-12-32-17-19-38-20-18-32/h2-3,7-10,21-22H,4-6,11-20H2,1H3,(H,30,36)(H,31,35). The van der Waals surface area contributed by atoms with Crippen molar-refractivity contribution in [2.24, 2.45) is 5.92 Å². The molecule has 38 heavy (non-hydrogen) atoms. The van der Waals surface area contributed by atoms with E-state index in [4.69, 9.17) is 9.47 Å². The van der Waals surface area contributed by atoms with Crippen LogP contribution in [0.3, 0.4) is 0 Å². The molecule has 9 nitrogen and oxygen atoms in total. The van der Waals surface area contributed by atoms with Gasteiger partial charge in [-0.05, 0) is 43.2 Å². The van der Waals surface area contributed by atoms with Crippen LogP contribution in [0.4, 0.5) is 17.1 Å². The van der Waals surface area contributed by atoms with Crippen LogP contribution in [0.2, 0.25) is 0 Å². The molecule has 2 saturated heterocycles. The third-order valence-electron chi connectivity index (χ3n) is 7.85. The van der Waals surface area contributed by atoms with Crippen molar-refractivity contribution in [3.05, 3.63) is 48.0 Å². The molecule has 0 unspecified atom stereocenters. The molecule has 2 heterocycles. The lowest BCUT2D eigenvalue weighted by molar-refractivity contribution is -0.122. The molecule has 5 rings (SSSR count). The summed E-state index contributed by atoms with van der Waals surface area (Å²) in [4.78, 5) is 32.9. The fourth-order valence-corrected chi connectivity index (χ4v) is 5.31. The average molecular weight is 522 g/mol. The van der Waals surface area contributed by atoms with Crippen molar-refractivity contribution in [3.8, 4) is 5.75 Å². The van der Waals surface area contributed by atoms with Gasteiger partial charge in [0.15, 0.2) is 0 Å². The molecule has 3 aliphatic rings. The fourth-order valence-electron chi connectivity index (χ4n) is 5.31. The molecule has 1 saturated carbocycles. The summed E-state index contributed by atoms with van der Waals surface area (Å²) < 4.78 is 11.0. The number of rotatable bonds is 9. The van der Waals surface area contributed by atoms with Crippen LogP contribution in [0.1, 0.15) is 29.6 Å². The minimum atomic E-state index is -0.111. The van der Waals surface area contributed by atoms with E-state index in [0.29, 0.717) is 17.8 Å². The number of anilines is 3. The van der Waals surface area contributed by atoms with Crippen LogP contribution in [0.15, 0.2) is 42.5 Å². The summed E-state index contributed by atoms with van der Waals surface area (Å²) in [6.07, 6.45) is 2.99. The largest absolute Gasteiger partial charge is 0.495 e. The quantitative estimate of drug-likeness (QED) is 0.525. The first-order valence-electron chi connectivity index (χ1n) is 13.8. The SMILES string of the molecule is COc1ccccc1N1CCN(c2ccc(NC(=O)C3CCC3)cc2C(=O)NCCN2CCOCC2)CC1. The molecular weight excluding hydrogens is 482 g/mol. The number of para-hydroxylation sites is 2. The number of methoxy groups -OCH3 is 1. The van der Waals surface area contributed by atoms with Gasteiger partial charge in [-0.1, -0.05) is 18.6 Å². The van der Waals surface area contributed by atoms with E-state index in [2.05, 4.69) is 31.4 Å².